The van der Waals surface area contributed by atoms with Gasteiger partial charge in [-0.05, 0) is 18.6 Å². The third-order valence-corrected chi connectivity index (χ3v) is 4.83. The predicted octanol–water partition coefficient (Wildman–Crippen LogP) is 4.62. The topological polar surface area (TPSA) is 54.9 Å². The minimum Gasteiger partial charge on any atom is -0.349 e. The maximum absolute atomic E-state index is 13.0. The molecule has 1 atom stereocenters. The Morgan fingerprint density at radius 2 is 1.74 bits per heavy atom. The van der Waals surface area contributed by atoms with Gasteiger partial charge in [0.2, 0.25) is 11.7 Å². The molecule has 27 heavy (non-hydrogen) atoms. The second-order valence-corrected chi connectivity index (χ2v) is 6.82. The third-order valence-electron chi connectivity index (χ3n) is 3.84. The molecule has 0 saturated heterocycles. The number of aromatic nitrogens is 2. The van der Waals surface area contributed by atoms with Gasteiger partial charge in [0, 0.05) is 5.39 Å². The lowest BCUT2D eigenvalue weighted by Gasteiger charge is -2.14. The summed E-state index contributed by atoms with van der Waals surface area (Å²) in [6, 6.07) is 15.7. The number of halogens is 3. The molecule has 0 unspecified atom stereocenters. The quantitative estimate of drug-likeness (QED) is 0.509. The van der Waals surface area contributed by atoms with E-state index in [2.05, 4.69) is 15.3 Å². The zero-order valence-corrected chi connectivity index (χ0v) is 15.1. The maximum Gasteiger partial charge on any atom is 0.451 e. The monoisotopic (exact) mass is 391 g/mol. The number of para-hydroxylation sites is 1. The lowest BCUT2D eigenvalue weighted by molar-refractivity contribution is -0.145. The van der Waals surface area contributed by atoms with Gasteiger partial charge in [-0.3, -0.25) is 4.79 Å². The van der Waals surface area contributed by atoms with E-state index in [0.29, 0.717) is 5.39 Å². The van der Waals surface area contributed by atoms with Crippen molar-refractivity contribution in [3.8, 4) is 0 Å². The van der Waals surface area contributed by atoms with Gasteiger partial charge >= 0.3 is 6.18 Å². The van der Waals surface area contributed by atoms with Gasteiger partial charge in [0.25, 0.3) is 0 Å². The van der Waals surface area contributed by atoms with E-state index in [9.17, 15) is 18.0 Å². The molecule has 3 aromatic rings. The van der Waals surface area contributed by atoms with Gasteiger partial charge in [0.15, 0.2) is 0 Å². The number of carbonyl (C=O) groups is 1. The number of hydrogen-bond acceptors (Lipinski definition) is 4. The number of hydrogen-bond donors (Lipinski definition) is 1. The number of fused-ring (bicyclic) bond motifs is 1. The van der Waals surface area contributed by atoms with E-state index in [0.717, 1.165) is 17.3 Å². The number of rotatable bonds is 5. The maximum atomic E-state index is 13.0. The first-order valence-corrected chi connectivity index (χ1v) is 9.14. The van der Waals surface area contributed by atoms with Crippen LogP contribution in [0.25, 0.3) is 10.9 Å². The van der Waals surface area contributed by atoms with Crippen molar-refractivity contribution in [3.63, 3.8) is 0 Å². The molecular formula is C19H16F3N3OS. The van der Waals surface area contributed by atoms with Crippen LogP contribution < -0.4 is 5.32 Å². The predicted molar refractivity (Wildman–Crippen MR) is 98.3 cm³/mol. The van der Waals surface area contributed by atoms with E-state index < -0.39 is 12.0 Å². The summed E-state index contributed by atoms with van der Waals surface area (Å²) in [7, 11) is 0. The molecule has 0 aliphatic heterocycles. The minimum atomic E-state index is -4.65. The molecular weight excluding hydrogens is 375 g/mol. The smallest absolute Gasteiger partial charge is 0.349 e. The van der Waals surface area contributed by atoms with Crippen molar-refractivity contribution >= 4 is 28.6 Å². The average molecular weight is 391 g/mol. The molecule has 4 nitrogen and oxygen atoms in total. The van der Waals surface area contributed by atoms with Gasteiger partial charge in [-0.1, -0.05) is 60.3 Å². The largest absolute Gasteiger partial charge is 0.451 e. The van der Waals surface area contributed by atoms with Crippen LogP contribution in [-0.2, 0) is 11.0 Å². The highest BCUT2D eigenvalue weighted by Crippen LogP contribution is 2.32. The number of nitrogens with zero attached hydrogens (tertiary/aromatic N) is 2. The lowest BCUT2D eigenvalue weighted by atomic mass is 10.1. The number of alkyl halides is 3. The third kappa shape index (κ3) is 4.77. The second-order valence-electron chi connectivity index (χ2n) is 5.86. The molecule has 0 radical (unpaired) electrons. The molecule has 0 aliphatic carbocycles. The summed E-state index contributed by atoms with van der Waals surface area (Å²) in [6.07, 6.45) is -4.65. The van der Waals surface area contributed by atoms with E-state index in [1.807, 2.05) is 37.3 Å². The van der Waals surface area contributed by atoms with Crippen LogP contribution in [-0.4, -0.2) is 21.6 Å². The summed E-state index contributed by atoms with van der Waals surface area (Å²) < 4.78 is 39.1. The number of thioether (sulfide) groups is 1. The SMILES string of the molecule is C[C@@H](NC(=O)CSc1nc(C(F)(F)F)nc2ccccc12)c1ccccc1. The van der Waals surface area contributed by atoms with Gasteiger partial charge in [-0.25, -0.2) is 9.97 Å². The molecule has 0 aliphatic rings. The Balaban J connectivity index is 1.75. The summed E-state index contributed by atoms with van der Waals surface area (Å²) in [5, 5.41) is 3.45. The van der Waals surface area contributed by atoms with Crippen molar-refractivity contribution < 1.29 is 18.0 Å². The van der Waals surface area contributed by atoms with Crippen LogP contribution in [0.5, 0.6) is 0 Å². The van der Waals surface area contributed by atoms with Crippen LogP contribution in [0.4, 0.5) is 13.2 Å². The Labute approximate surface area is 158 Å². The molecule has 8 heteroatoms. The molecule has 0 spiro atoms. The van der Waals surface area contributed by atoms with Crippen LogP contribution in [0.2, 0.25) is 0 Å². The van der Waals surface area contributed by atoms with Crippen molar-refractivity contribution in [3.05, 3.63) is 66.0 Å². The summed E-state index contributed by atoms with van der Waals surface area (Å²) in [5.41, 5.74) is 1.14. The van der Waals surface area contributed by atoms with E-state index in [-0.39, 0.29) is 28.2 Å². The van der Waals surface area contributed by atoms with Gasteiger partial charge < -0.3 is 5.32 Å². The highest BCUT2D eigenvalue weighted by Gasteiger charge is 2.35. The Morgan fingerprint density at radius 3 is 2.44 bits per heavy atom. The van der Waals surface area contributed by atoms with E-state index in [4.69, 9.17) is 0 Å². The minimum absolute atomic E-state index is 0.0462. The van der Waals surface area contributed by atoms with E-state index in [1.54, 1.807) is 18.2 Å². The molecule has 1 aromatic heterocycles. The highest BCUT2D eigenvalue weighted by atomic mass is 32.2. The molecule has 0 fully saturated rings. The molecule has 3 rings (SSSR count). The normalized spacial score (nSPS) is 12.7. The Bertz CT molecular complexity index is 948. The highest BCUT2D eigenvalue weighted by molar-refractivity contribution is 8.00. The molecule has 1 heterocycles. The average Bonchev–Trinajstić information content (AvgIpc) is 2.65. The summed E-state index contributed by atoms with van der Waals surface area (Å²) in [5.74, 6) is -1.54. The first-order chi connectivity index (χ1) is 12.8. The second kappa shape index (κ2) is 7.96. The summed E-state index contributed by atoms with van der Waals surface area (Å²) in [4.78, 5) is 19.4. The number of benzene rings is 2. The van der Waals surface area contributed by atoms with Gasteiger partial charge in [0.1, 0.15) is 5.03 Å². The van der Waals surface area contributed by atoms with Gasteiger partial charge in [-0.15, -0.1) is 0 Å². The van der Waals surface area contributed by atoms with Gasteiger partial charge in [0.05, 0.1) is 17.3 Å². The first kappa shape index (κ1) is 19.2. The van der Waals surface area contributed by atoms with Crippen molar-refractivity contribution in [2.45, 2.75) is 24.2 Å². The fourth-order valence-corrected chi connectivity index (χ4v) is 3.36. The molecule has 2 aromatic carbocycles. The van der Waals surface area contributed by atoms with Crippen molar-refractivity contribution in [1.29, 1.82) is 0 Å². The molecule has 0 saturated carbocycles. The van der Waals surface area contributed by atoms with Crippen LogP contribution >= 0.6 is 11.8 Å². The van der Waals surface area contributed by atoms with E-state index in [1.165, 1.54) is 6.07 Å². The Kier molecular flexibility index (Phi) is 5.65. The van der Waals surface area contributed by atoms with Crippen molar-refractivity contribution in [1.82, 2.24) is 15.3 Å². The summed E-state index contributed by atoms with van der Waals surface area (Å²) >= 11 is 0.962. The van der Waals surface area contributed by atoms with Gasteiger partial charge in [-0.2, -0.15) is 13.2 Å². The zero-order valence-electron chi connectivity index (χ0n) is 14.3. The number of carbonyl (C=O) groups excluding carboxylic acids is 1. The van der Waals surface area contributed by atoms with Crippen LogP contribution in [0.3, 0.4) is 0 Å². The molecule has 1 N–H and O–H groups in total. The number of nitrogens with one attached hydrogen (secondary N) is 1. The van der Waals surface area contributed by atoms with Crippen LogP contribution in [0.15, 0.2) is 59.6 Å². The fourth-order valence-electron chi connectivity index (χ4n) is 2.53. The first-order valence-electron chi connectivity index (χ1n) is 8.15. The standard InChI is InChI=1S/C19H16F3N3OS/c1-12(13-7-3-2-4-8-13)23-16(26)11-27-17-14-9-5-6-10-15(14)24-18(25-17)19(20,21)22/h2-10,12H,11H2,1H3,(H,23,26)/t12-/m1/s1. The Hall–Kier alpha value is -2.61. The molecule has 140 valence electrons. The van der Waals surface area contributed by atoms with Crippen molar-refractivity contribution in [2.75, 3.05) is 5.75 Å². The van der Waals surface area contributed by atoms with E-state index >= 15 is 0 Å². The number of amides is 1. The molecule has 0 bridgehead atoms. The lowest BCUT2D eigenvalue weighted by Crippen LogP contribution is -2.28. The molecule has 1 amide bonds. The fraction of sp³-hybridized carbons (Fsp3) is 0.211. The Morgan fingerprint density at radius 1 is 1.07 bits per heavy atom. The van der Waals surface area contributed by atoms with Crippen molar-refractivity contribution in [2.24, 2.45) is 0 Å². The zero-order chi connectivity index (χ0) is 19.4. The summed E-state index contributed by atoms with van der Waals surface area (Å²) in [6.45, 7) is 1.85. The van der Waals surface area contributed by atoms with Crippen LogP contribution in [0.1, 0.15) is 24.4 Å². The van der Waals surface area contributed by atoms with Crippen LogP contribution in [0, 0.1) is 0 Å².